The van der Waals surface area contributed by atoms with E-state index in [2.05, 4.69) is 5.32 Å². The summed E-state index contributed by atoms with van der Waals surface area (Å²) in [5.74, 6) is -1.16. The number of hydrogen-bond donors (Lipinski definition) is 1. The number of methoxy groups -OCH3 is 1. The van der Waals surface area contributed by atoms with E-state index in [4.69, 9.17) is 27.9 Å². The molecule has 0 aliphatic carbocycles. The molecule has 2 amide bonds. The Morgan fingerprint density at radius 2 is 1.61 bits per heavy atom. The van der Waals surface area contributed by atoms with Crippen molar-refractivity contribution in [1.82, 2.24) is 10.2 Å². The van der Waals surface area contributed by atoms with Gasteiger partial charge < -0.3 is 15.0 Å². The number of rotatable bonds is 12. The number of sulfonamides is 1. The number of carbonyl (C=O) groups is 2. The topological polar surface area (TPSA) is 96.0 Å². The highest BCUT2D eigenvalue weighted by atomic mass is 35.5. The van der Waals surface area contributed by atoms with Gasteiger partial charge in [-0.25, -0.2) is 12.8 Å². The van der Waals surface area contributed by atoms with E-state index >= 15 is 0 Å². The van der Waals surface area contributed by atoms with E-state index in [1.807, 2.05) is 0 Å². The van der Waals surface area contributed by atoms with Crippen LogP contribution in [0.1, 0.15) is 32.8 Å². The van der Waals surface area contributed by atoms with Gasteiger partial charge in [0.25, 0.3) is 10.0 Å². The molecule has 220 valence electrons. The first kappa shape index (κ1) is 32.2. The lowest BCUT2D eigenvalue weighted by Gasteiger charge is -2.33. The number of hydrogen-bond acceptors (Lipinski definition) is 5. The molecule has 3 aromatic carbocycles. The zero-order chi connectivity index (χ0) is 30.3. The molecule has 1 atom stereocenters. The van der Waals surface area contributed by atoms with Crippen LogP contribution >= 0.6 is 23.2 Å². The van der Waals surface area contributed by atoms with Crippen LogP contribution in [-0.4, -0.2) is 50.9 Å². The van der Waals surface area contributed by atoms with Gasteiger partial charge >= 0.3 is 0 Å². The van der Waals surface area contributed by atoms with Crippen molar-refractivity contribution in [2.45, 2.75) is 50.7 Å². The Bertz CT molecular complexity index is 1470. The van der Waals surface area contributed by atoms with Crippen LogP contribution in [0, 0.1) is 5.82 Å². The molecule has 3 rings (SSSR count). The number of nitrogens with one attached hydrogen (secondary N) is 1. The van der Waals surface area contributed by atoms with E-state index in [0.717, 1.165) is 16.4 Å². The Kier molecular flexibility index (Phi) is 11.0. The Balaban J connectivity index is 2.07. The van der Waals surface area contributed by atoms with Gasteiger partial charge in [-0.15, -0.1) is 0 Å². The zero-order valence-electron chi connectivity index (χ0n) is 23.1. The van der Waals surface area contributed by atoms with E-state index < -0.39 is 34.3 Å². The Morgan fingerprint density at radius 3 is 2.15 bits per heavy atom. The van der Waals surface area contributed by atoms with Crippen LogP contribution in [0.4, 0.5) is 10.1 Å². The number of carbonyl (C=O) groups excluding carboxylic acids is 2. The first-order valence-corrected chi connectivity index (χ1v) is 15.0. The van der Waals surface area contributed by atoms with Crippen molar-refractivity contribution in [3.63, 3.8) is 0 Å². The van der Waals surface area contributed by atoms with Crippen LogP contribution in [0.3, 0.4) is 0 Å². The van der Waals surface area contributed by atoms with Gasteiger partial charge in [0.05, 0.1) is 27.7 Å². The molecule has 0 heterocycles. The van der Waals surface area contributed by atoms with Crippen molar-refractivity contribution in [2.75, 3.05) is 18.0 Å². The third-order valence-corrected chi connectivity index (χ3v) is 8.72. The van der Waals surface area contributed by atoms with Crippen molar-refractivity contribution >= 4 is 50.7 Å². The minimum absolute atomic E-state index is 0.0421. The van der Waals surface area contributed by atoms with Crippen molar-refractivity contribution < 1.29 is 27.1 Å². The maximum atomic E-state index is 14.0. The van der Waals surface area contributed by atoms with E-state index in [1.165, 1.54) is 48.4 Å². The molecule has 0 saturated carbocycles. The molecule has 0 unspecified atom stereocenters. The molecule has 41 heavy (non-hydrogen) atoms. The highest BCUT2D eigenvalue weighted by Gasteiger charge is 2.34. The van der Waals surface area contributed by atoms with Crippen molar-refractivity contribution in [3.05, 3.63) is 88.2 Å². The average molecular weight is 625 g/mol. The van der Waals surface area contributed by atoms with Crippen LogP contribution in [0.15, 0.2) is 71.6 Å². The second-order valence-corrected chi connectivity index (χ2v) is 12.2. The lowest BCUT2D eigenvalue weighted by atomic mass is 10.1. The first-order valence-electron chi connectivity index (χ1n) is 12.8. The monoisotopic (exact) mass is 623 g/mol. The number of amides is 2. The van der Waals surface area contributed by atoms with Crippen LogP contribution in [0.25, 0.3) is 0 Å². The van der Waals surface area contributed by atoms with Crippen molar-refractivity contribution in [3.8, 4) is 5.75 Å². The third-order valence-electron chi connectivity index (χ3n) is 6.19. The normalized spacial score (nSPS) is 12.1. The highest BCUT2D eigenvalue weighted by molar-refractivity contribution is 7.92. The summed E-state index contributed by atoms with van der Waals surface area (Å²) in [7, 11) is -2.86. The third kappa shape index (κ3) is 8.12. The Labute approximate surface area is 250 Å². The zero-order valence-corrected chi connectivity index (χ0v) is 25.4. The van der Waals surface area contributed by atoms with Crippen molar-refractivity contribution in [1.29, 1.82) is 0 Å². The standard InChI is InChI=1S/C29H32Cl2FN3O5S/c1-5-27(29(37)33-19(2)3)34(17-20-6-15-25(30)26(31)16-20)28(36)18-35(22-9-7-21(32)8-10-22)41(38,39)24-13-11-23(40-4)12-14-24/h6-16,19,27H,5,17-18H2,1-4H3,(H,33,37)/t27-/m1/s1. The quantitative estimate of drug-likeness (QED) is 0.280. The highest BCUT2D eigenvalue weighted by Crippen LogP contribution is 2.27. The predicted octanol–water partition coefficient (Wildman–Crippen LogP) is 5.67. The Morgan fingerprint density at radius 1 is 0.976 bits per heavy atom. The summed E-state index contributed by atoms with van der Waals surface area (Å²) in [5, 5.41) is 3.42. The lowest BCUT2D eigenvalue weighted by Crippen LogP contribution is -2.53. The van der Waals surface area contributed by atoms with E-state index in [1.54, 1.807) is 39.0 Å². The summed E-state index contributed by atoms with van der Waals surface area (Å²) < 4.78 is 47.5. The molecule has 12 heteroatoms. The molecule has 0 spiro atoms. The summed E-state index contributed by atoms with van der Waals surface area (Å²) >= 11 is 12.3. The summed E-state index contributed by atoms with van der Waals surface area (Å²) in [6.45, 7) is 4.65. The van der Waals surface area contributed by atoms with Gasteiger partial charge in [-0.2, -0.15) is 0 Å². The van der Waals surface area contributed by atoms with Gasteiger partial charge in [0, 0.05) is 12.6 Å². The van der Waals surface area contributed by atoms with Gasteiger partial charge in [0.2, 0.25) is 11.8 Å². The van der Waals surface area contributed by atoms with Crippen LogP contribution < -0.4 is 14.4 Å². The van der Waals surface area contributed by atoms with E-state index in [-0.39, 0.29) is 40.5 Å². The molecule has 0 radical (unpaired) electrons. The molecule has 1 N–H and O–H groups in total. The lowest BCUT2D eigenvalue weighted by molar-refractivity contribution is -0.140. The molecular formula is C29H32Cl2FN3O5S. The number of nitrogens with zero attached hydrogens (tertiary/aromatic N) is 2. The van der Waals surface area contributed by atoms with Gasteiger partial charge in [0.1, 0.15) is 24.2 Å². The van der Waals surface area contributed by atoms with Crippen LogP contribution in [-0.2, 0) is 26.2 Å². The fourth-order valence-corrected chi connectivity index (χ4v) is 5.88. The molecule has 3 aromatic rings. The molecule has 0 fully saturated rings. The molecular weight excluding hydrogens is 592 g/mol. The molecule has 0 aliphatic rings. The minimum Gasteiger partial charge on any atom is -0.497 e. The second kappa shape index (κ2) is 14.0. The van der Waals surface area contributed by atoms with Gasteiger partial charge in [0.15, 0.2) is 0 Å². The fourth-order valence-electron chi connectivity index (χ4n) is 4.15. The molecule has 8 nitrogen and oxygen atoms in total. The van der Waals surface area contributed by atoms with Gasteiger partial charge in [-0.05, 0) is 86.5 Å². The van der Waals surface area contributed by atoms with E-state index in [9.17, 15) is 22.4 Å². The summed E-state index contributed by atoms with van der Waals surface area (Å²) in [6.07, 6.45) is 0.257. The fraction of sp³-hybridized carbons (Fsp3) is 0.310. The smallest absolute Gasteiger partial charge is 0.264 e. The first-order chi connectivity index (χ1) is 19.4. The number of ether oxygens (including phenoxy) is 1. The van der Waals surface area contributed by atoms with Gasteiger partial charge in [-0.1, -0.05) is 36.2 Å². The van der Waals surface area contributed by atoms with Gasteiger partial charge in [-0.3, -0.25) is 13.9 Å². The average Bonchev–Trinajstić information content (AvgIpc) is 2.93. The number of benzene rings is 3. The number of anilines is 1. The van der Waals surface area contributed by atoms with Crippen LogP contribution in [0.5, 0.6) is 5.75 Å². The number of halogens is 3. The summed E-state index contributed by atoms with van der Waals surface area (Å²) in [6, 6.07) is 14.2. The maximum Gasteiger partial charge on any atom is 0.264 e. The maximum absolute atomic E-state index is 14.0. The summed E-state index contributed by atoms with van der Waals surface area (Å²) in [4.78, 5) is 28.4. The molecule has 0 saturated heterocycles. The minimum atomic E-state index is -4.31. The summed E-state index contributed by atoms with van der Waals surface area (Å²) in [5.41, 5.74) is 0.666. The largest absolute Gasteiger partial charge is 0.497 e. The van der Waals surface area contributed by atoms with Crippen molar-refractivity contribution in [2.24, 2.45) is 0 Å². The van der Waals surface area contributed by atoms with E-state index in [0.29, 0.717) is 16.3 Å². The Hall–Kier alpha value is -3.34. The molecule has 0 bridgehead atoms. The molecule has 0 aromatic heterocycles. The SMILES string of the molecule is CC[C@H](C(=O)NC(C)C)N(Cc1ccc(Cl)c(Cl)c1)C(=O)CN(c1ccc(F)cc1)S(=O)(=O)c1ccc(OC)cc1. The molecule has 0 aliphatic heterocycles. The second-order valence-electron chi connectivity index (χ2n) is 9.52. The van der Waals surface area contributed by atoms with Crippen LogP contribution in [0.2, 0.25) is 10.0 Å². The predicted molar refractivity (Wildman–Crippen MR) is 158 cm³/mol.